The summed E-state index contributed by atoms with van der Waals surface area (Å²) in [5.74, 6) is 2.21. The molecule has 0 saturated carbocycles. The van der Waals surface area contributed by atoms with Gasteiger partial charge in [-0.05, 0) is 88.3 Å². The van der Waals surface area contributed by atoms with Crippen LogP contribution in [0, 0.1) is 12.1 Å². The van der Waals surface area contributed by atoms with Gasteiger partial charge in [0.1, 0.15) is 11.4 Å². The summed E-state index contributed by atoms with van der Waals surface area (Å²) in [5, 5.41) is 2.04. The average Bonchev–Trinajstić information content (AvgIpc) is 4.08. The molecule has 4 aromatic heterocycles. The summed E-state index contributed by atoms with van der Waals surface area (Å²) in [6, 6.07) is 73.5. The van der Waals surface area contributed by atoms with Gasteiger partial charge in [-0.1, -0.05) is 142 Å². The van der Waals surface area contributed by atoms with Crippen LogP contribution in [-0.2, 0) is 20.1 Å². The summed E-state index contributed by atoms with van der Waals surface area (Å²) < 4.78 is 11.5. The minimum atomic E-state index is 0. The molecule has 0 aliphatic heterocycles. The number of nitrogens with zero attached hydrogens (tertiary/aromatic N) is 5. The largest absolute Gasteiger partial charge is 0.500 e. The minimum absolute atomic E-state index is 0. The Hall–Kier alpha value is -7.70. The fraction of sp³-hybridized carbons (Fsp3) is 0.0984. The quantitative estimate of drug-likeness (QED) is 0.142. The summed E-state index contributed by atoms with van der Waals surface area (Å²) in [7, 11) is 0. The van der Waals surface area contributed by atoms with Gasteiger partial charge in [0.05, 0.1) is 33.5 Å². The second-order valence-electron chi connectivity index (χ2n) is 17.4. The third-order valence-corrected chi connectivity index (χ3v) is 12.4. The van der Waals surface area contributed by atoms with E-state index in [1.807, 2.05) is 60.7 Å². The van der Waals surface area contributed by atoms with Gasteiger partial charge in [0.25, 0.3) is 0 Å². The first kappa shape index (κ1) is 44.2. The smallest absolute Gasteiger partial charge is 0.145 e. The van der Waals surface area contributed by atoms with Crippen LogP contribution in [-0.4, -0.2) is 24.1 Å². The van der Waals surface area contributed by atoms with Crippen molar-refractivity contribution in [2.45, 2.75) is 39.5 Å². The van der Waals surface area contributed by atoms with Crippen LogP contribution in [0.4, 0.5) is 0 Å². The van der Waals surface area contributed by atoms with Gasteiger partial charge in [-0.2, -0.15) is 0 Å². The van der Waals surface area contributed by atoms with Crippen molar-refractivity contribution in [1.82, 2.24) is 24.1 Å². The number of furan rings is 1. The van der Waals surface area contributed by atoms with Crippen molar-refractivity contribution >= 4 is 44.0 Å². The van der Waals surface area contributed by atoms with Gasteiger partial charge in [-0.25, -0.2) is 4.98 Å². The summed E-state index contributed by atoms with van der Waals surface area (Å²) in [5.41, 5.74) is 16.5. The Morgan fingerprint density at radius 2 is 1.15 bits per heavy atom. The molecule has 0 amide bonds. The Morgan fingerprint density at radius 3 is 1.82 bits per heavy atom. The Kier molecular flexibility index (Phi) is 12.3. The number of para-hydroxylation sites is 3. The molecule has 12 rings (SSSR count). The molecule has 0 atom stereocenters. The number of hydrogen-bond donors (Lipinski definition) is 0. The number of aromatic nitrogens is 5. The van der Waals surface area contributed by atoms with Crippen molar-refractivity contribution in [3.63, 3.8) is 0 Å². The number of rotatable bonds is 8. The molecule has 0 spiro atoms. The molecule has 1 radical (unpaired) electrons. The van der Waals surface area contributed by atoms with Gasteiger partial charge in [-0.3, -0.25) is 9.55 Å². The number of fused-ring (bicyclic) bond motifs is 5. The molecule has 0 saturated heterocycles. The molecule has 8 aromatic carbocycles. The first-order chi connectivity index (χ1) is 32.9. The van der Waals surface area contributed by atoms with Crippen LogP contribution in [0.1, 0.15) is 50.7 Å². The van der Waals surface area contributed by atoms with Crippen molar-refractivity contribution in [2.75, 3.05) is 0 Å². The van der Waals surface area contributed by atoms with E-state index in [1.165, 1.54) is 27.9 Å². The van der Waals surface area contributed by atoms with E-state index in [0.29, 0.717) is 0 Å². The monoisotopic (exact) mass is 1060 g/mol. The van der Waals surface area contributed by atoms with Crippen LogP contribution in [0.25, 0.3) is 101 Å². The fourth-order valence-electron chi connectivity index (χ4n) is 9.21. The van der Waals surface area contributed by atoms with Crippen LogP contribution in [0.15, 0.2) is 205 Å². The zero-order valence-electron chi connectivity index (χ0n) is 38.2. The van der Waals surface area contributed by atoms with Crippen LogP contribution >= 0.6 is 0 Å². The molecule has 0 bridgehead atoms. The van der Waals surface area contributed by atoms with Crippen molar-refractivity contribution in [3.05, 3.63) is 224 Å². The van der Waals surface area contributed by atoms with Gasteiger partial charge in [0.2, 0.25) is 0 Å². The predicted octanol–water partition coefficient (Wildman–Crippen LogP) is 15.9. The van der Waals surface area contributed by atoms with Crippen LogP contribution in [0.3, 0.4) is 0 Å². The van der Waals surface area contributed by atoms with Gasteiger partial charge in [-0.15, -0.1) is 54.1 Å². The average molecular weight is 1060 g/mol. The summed E-state index contributed by atoms with van der Waals surface area (Å²) in [6.07, 6.45) is 1.79. The van der Waals surface area contributed by atoms with Gasteiger partial charge < -0.3 is 14.0 Å². The maximum atomic E-state index is 6.89. The van der Waals surface area contributed by atoms with Crippen LogP contribution in [0.2, 0.25) is 0 Å². The van der Waals surface area contributed by atoms with Crippen molar-refractivity contribution < 1.29 is 24.5 Å². The van der Waals surface area contributed by atoms with Crippen LogP contribution in [0.5, 0.6) is 0 Å². The molecule has 0 aliphatic carbocycles. The Balaban J connectivity index is 0.000000361. The SMILES string of the molecule is CC(C)c1cc(-c2ccccc2)cc(C(C)C)c1-n1c(-c2[c-]ccc3c2oc2cc4nc(-c5ccccc5)n(-c5ccccc5)c4cc23)nc2ccccc21.[Ir].[c-]1ccccc1-c1ccccn1. The number of imidazole rings is 2. The van der Waals surface area contributed by atoms with Gasteiger partial charge in [0, 0.05) is 54.7 Å². The third kappa shape index (κ3) is 8.14. The van der Waals surface area contributed by atoms with Crippen LogP contribution < -0.4 is 0 Å². The molecule has 7 heteroatoms. The molecule has 4 heterocycles. The van der Waals surface area contributed by atoms with E-state index in [4.69, 9.17) is 14.4 Å². The fourth-order valence-corrected chi connectivity index (χ4v) is 9.21. The first-order valence-electron chi connectivity index (χ1n) is 22.9. The molecule has 333 valence electrons. The Bertz CT molecular complexity index is 3610. The van der Waals surface area contributed by atoms with E-state index in [9.17, 15) is 0 Å². The van der Waals surface area contributed by atoms with E-state index in [1.54, 1.807) is 6.20 Å². The maximum absolute atomic E-state index is 6.89. The van der Waals surface area contributed by atoms with E-state index >= 15 is 0 Å². The van der Waals surface area contributed by atoms with E-state index in [0.717, 1.165) is 83.7 Å². The first-order valence-corrected chi connectivity index (χ1v) is 22.9. The zero-order valence-corrected chi connectivity index (χ0v) is 40.6. The predicted molar refractivity (Wildman–Crippen MR) is 275 cm³/mol. The summed E-state index contributed by atoms with van der Waals surface area (Å²) in [6.45, 7) is 9.14. The molecule has 0 unspecified atom stereocenters. The molecule has 6 nitrogen and oxygen atoms in total. The molecular weight excluding hydrogens is 1010 g/mol. The summed E-state index contributed by atoms with van der Waals surface area (Å²) in [4.78, 5) is 14.8. The van der Waals surface area contributed by atoms with E-state index in [2.05, 4.69) is 187 Å². The molecule has 0 fully saturated rings. The van der Waals surface area contributed by atoms with Crippen molar-refractivity contribution in [2.24, 2.45) is 0 Å². The minimum Gasteiger partial charge on any atom is -0.500 e. The third-order valence-electron chi connectivity index (χ3n) is 12.4. The summed E-state index contributed by atoms with van der Waals surface area (Å²) >= 11 is 0. The zero-order chi connectivity index (χ0) is 45.4. The molecule has 0 aliphatic rings. The number of hydrogen-bond acceptors (Lipinski definition) is 4. The topological polar surface area (TPSA) is 61.7 Å². The Morgan fingerprint density at radius 1 is 0.500 bits per heavy atom. The van der Waals surface area contributed by atoms with Gasteiger partial charge in [0.15, 0.2) is 0 Å². The standard InChI is InChI=1S/C50H39N4O.C11H8N.Ir/c1-31(2)39-27-35(33-17-8-5-9-18-33)28-40(32(3)4)47(39)54-44-26-15-14-25-42(44)51-50(54)38-24-16-23-37-41-29-45-43(30-46(41)55-48(37)38)52-49(34-19-10-6-11-20-34)53(45)36-21-12-7-13-22-36;1-2-6-10(7-3-1)11-8-4-5-9-12-11;/h5-23,25-32H,1-4H3;1-6,8-9H;/q2*-1;. The Labute approximate surface area is 410 Å². The molecule has 12 aromatic rings. The second-order valence-corrected chi connectivity index (χ2v) is 17.4. The molecule has 68 heavy (non-hydrogen) atoms. The maximum Gasteiger partial charge on any atom is 0.145 e. The van der Waals surface area contributed by atoms with E-state index in [-0.39, 0.29) is 31.9 Å². The van der Waals surface area contributed by atoms with Gasteiger partial charge >= 0.3 is 0 Å². The van der Waals surface area contributed by atoms with Crippen molar-refractivity contribution in [3.8, 4) is 56.5 Å². The molecule has 0 N–H and O–H groups in total. The molecular formula is C61H47IrN5O-2. The number of benzene rings is 8. The second kappa shape index (κ2) is 18.9. The van der Waals surface area contributed by atoms with Crippen molar-refractivity contribution in [1.29, 1.82) is 0 Å². The normalized spacial score (nSPS) is 11.4. The van der Waals surface area contributed by atoms with E-state index < -0.39 is 0 Å². The number of pyridine rings is 1.